The molecule has 3 N–H and O–H groups in total. The first kappa shape index (κ1) is 20.2. The van der Waals surface area contributed by atoms with E-state index in [1.165, 1.54) is 11.8 Å². The number of hydrogen-bond donors (Lipinski definition) is 3. The van der Waals surface area contributed by atoms with Crippen molar-refractivity contribution < 1.29 is 9.53 Å². The van der Waals surface area contributed by atoms with Crippen LogP contribution in [0.3, 0.4) is 0 Å². The molecule has 0 saturated heterocycles. The molecule has 2 heterocycles. The molecule has 148 valence electrons. The van der Waals surface area contributed by atoms with Crippen LogP contribution in [-0.2, 0) is 17.8 Å². The lowest BCUT2D eigenvalue weighted by atomic mass is 9.97. The lowest BCUT2D eigenvalue weighted by molar-refractivity contribution is 0.0535. The number of benzene rings is 1. The van der Waals surface area contributed by atoms with Gasteiger partial charge in [0.2, 0.25) is 0 Å². The quantitative estimate of drug-likeness (QED) is 0.364. The van der Waals surface area contributed by atoms with Crippen molar-refractivity contribution in [2.45, 2.75) is 26.9 Å². The molecule has 0 spiro atoms. The molecular weight excluding hydrogens is 366 g/mol. The minimum atomic E-state index is -0.242. The molecule has 0 aliphatic carbocycles. The maximum absolute atomic E-state index is 11.6. The average Bonchev–Trinajstić information content (AvgIpc) is 3.10. The van der Waals surface area contributed by atoms with Crippen molar-refractivity contribution in [3.8, 4) is 6.07 Å². The summed E-state index contributed by atoms with van der Waals surface area (Å²) in [5.74, 6) is -0.242. The highest BCUT2D eigenvalue weighted by Crippen LogP contribution is 2.26. The highest BCUT2D eigenvalue weighted by Gasteiger charge is 2.23. The maximum Gasteiger partial charge on any atom is 0.338 e. The Morgan fingerprint density at radius 2 is 2.24 bits per heavy atom. The highest BCUT2D eigenvalue weighted by molar-refractivity contribution is 5.93. The standard InChI is InChI=1S/C22H23N5O2/c1-14-7-18(12-27-21(14)9-24)26-11-16(8-23)10-25-6-5-17-3-4-19-20(15(17)2)13-29-22(19)28/h3-4,7-8,11-12,23,25-26H,5-6,10,13H2,1-2H3/b16-11+,23-8?. The van der Waals surface area contributed by atoms with Crippen LogP contribution in [0.4, 0.5) is 5.69 Å². The van der Waals surface area contributed by atoms with Gasteiger partial charge in [-0.1, -0.05) is 6.07 Å². The third kappa shape index (κ3) is 4.68. The first-order chi connectivity index (χ1) is 14.0. The number of ether oxygens (including phenoxy) is 1. The summed E-state index contributed by atoms with van der Waals surface area (Å²) >= 11 is 0. The third-order valence-corrected chi connectivity index (χ3v) is 4.97. The Balaban J connectivity index is 1.52. The van der Waals surface area contributed by atoms with E-state index in [4.69, 9.17) is 15.4 Å². The molecular formula is C22H23N5O2. The molecule has 3 rings (SSSR count). The zero-order valence-electron chi connectivity index (χ0n) is 16.5. The second-order valence-corrected chi connectivity index (χ2v) is 6.89. The number of pyridine rings is 1. The SMILES string of the molecule is Cc1cc(N/C=C(\C=N)CNCCc2ccc3c(c2C)COC3=O)cnc1C#N. The predicted molar refractivity (Wildman–Crippen MR) is 111 cm³/mol. The second-order valence-electron chi connectivity index (χ2n) is 6.89. The third-order valence-electron chi connectivity index (χ3n) is 4.97. The van der Waals surface area contributed by atoms with Crippen molar-refractivity contribution >= 4 is 17.9 Å². The van der Waals surface area contributed by atoms with Crippen LogP contribution < -0.4 is 10.6 Å². The monoisotopic (exact) mass is 389 g/mol. The molecule has 0 fully saturated rings. The fourth-order valence-corrected chi connectivity index (χ4v) is 3.22. The summed E-state index contributed by atoms with van der Waals surface area (Å²) in [5, 5.41) is 23.0. The summed E-state index contributed by atoms with van der Waals surface area (Å²) in [6.45, 7) is 5.51. The van der Waals surface area contributed by atoms with E-state index in [0.717, 1.165) is 40.9 Å². The molecule has 0 radical (unpaired) electrons. The Labute approximate surface area is 169 Å². The highest BCUT2D eigenvalue weighted by atomic mass is 16.5. The van der Waals surface area contributed by atoms with Crippen molar-refractivity contribution in [1.82, 2.24) is 10.3 Å². The molecule has 7 heteroatoms. The average molecular weight is 389 g/mol. The number of nitrogens with one attached hydrogen (secondary N) is 3. The first-order valence-corrected chi connectivity index (χ1v) is 9.35. The van der Waals surface area contributed by atoms with Crippen molar-refractivity contribution in [3.63, 3.8) is 0 Å². The number of nitrogens with zero attached hydrogens (tertiary/aromatic N) is 2. The molecule has 1 aromatic carbocycles. The Morgan fingerprint density at radius 1 is 1.41 bits per heavy atom. The minimum Gasteiger partial charge on any atom is -0.457 e. The van der Waals surface area contributed by atoms with E-state index < -0.39 is 0 Å². The van der Waals surface area contributed by atoms with Gasteiger partial charge in [0.1, 0.15) is 18.4 Å². The lowest BCUT2D eigenvalue weighted by Gasteiger charge is -2.10. The minimum absolute atomic E-state index is 0.242. The van der Waals surface area contributed by atoms with Gasteiger partial charge in [0.15, 0.2) is 0 Å². The van der Waals surface area contributed by atoms with Crippen molar-refractivity contribution in [2.75, 3.05) is 18.4 Å². The molecule has 1 aromatic heterocycles. The Hall–Kier alpha value is -3.50. The van der Waals surface area contributed by atoms with E-state index in [0.29, 0.717) is 24.4 Å². The second kappa shape index (κ2) is 9.13. The van der Waals surface area contributed by atoms with Crippen LogP contribution in [0, 0.1) is 30.6 Å². The first-order valence-electron chi connectivity index (χ1n) is 9.35. The molecule has 0 saturated carbocycles. The van der Waals surface area contributed by atoms with Gasteiger partial charge in [0, 0.05) is 24.5 Å². The summed E-state index contributed by atoms with van der Waals surface area (Å²) in [6.07, 6.45) is 5.48. The van der Waals surface area contributed by atoms with Crippen LogP contribution in [0.25, 0.3) is 0 Å². The van der Waals surface area contributed by atoms with Gasteiger partial charge in [0.05, 0.1) is 17.4 Å². The van der Waals surface area contributed by atoms with E-state index in [1.807, 2.05) is 38.1 Å². The maximum atomic E-state index is 11.6. The number of aromatic nitrogens is 1. The van der Waals surface area contributed by atoms with Crippen LogP contribution >= 0.6 is 0 Å². The summed E-state index contributed by atoms with van der Waals surface area (Å²) in [4.78, 5) is 15.7. The summed E-state index contributed by atoms with van der Waals surface area (Å²) in [6, 6.07) is 7.72. The van der Waals surface area contributed by atoms with Crippen LogP contribution in [0.1, 0.15) is 38.3 Å². The number of anilines is 1. The lowest BCUT2D eigenvalue weighted by Crippen LogP contribution is -2.21. The molecule has 0 atom stereocenters. The Kier molecular flexibility index (Phi) is 6.37. The summed E-state index contributed by atoms with van der Waals surface area (Å²) in [5.41, 5.74) is 6.73. The van der Waals surface area contributed by atoms with Gasteiger partial charge in [-0.25, -0.2) is 9.78 Å². The number of carbonyl (C=O) groups excluding carboxylic acids is 1. The number of aryl methyl sites for hydroxylation is 1. The van der Waals surface area contributed by atoms with E-state index in [-0.39, 0.29) is 5.97 Å². The van der Waals surface area contributed by atoms with Crippen LogP contribution in [-0.4, -0.2) is 30.3 Å². The Morgan fingerprint density at radius 3 is 2.97 bits per heavy atom. The molecule has 1 aliphatic rings. The van der Waals surface area contributed by atoms with Crippen molar-refractivity contribution in [1.29, 1.82) is 10.7 Å². The van der Waals surface area contributed by atoms with E-state index >= 15 is 0 Å². The topological polar surface area (TPSA) is 111 Å². The molecule has 0 unspecified atom stereocenters. The molecule has 7 nitrogen and oxygen atoms in total. The van der Waals surface area contributed by atoms with Crippen LogP contribution in [0.2, 0.25) is 0 Å². The predicted octanol–water partition coefficient (Wildman–Crippen LogP) is 3.02. The summed E-state index contributed by atoms with van der Waals surface area (Å²) in [7, 11) is 0. The fraction of sp³-hybridized carbons (Fsp3) is 0.273. The molecule has 0 bridgehead atoms. The number of cyclic esters (lactones) is 1. The Bertz CT molecular complexity index is 1020. The normalized spacial score (nSPS) is 12.9. The van der Waals surface area contributed by atoms with Crippen LogP contribution in [0.15, 0.2) is 36.2 Å². The zero-order valence-corrected chi connectivity index (χ0v) is 16.5. The number of carbonyl (C=O) groups is 1. The van der Waals surface area contributed by atoms with Gasteiger partial charge in [-0.2, -0.15) is 5.26 Å². The van der Waals surface area contributed by atoms with Gasteiger partial charge in [0.25, 0.3) is 0 Å². The fourth-order valence-electron chi connectivity index (χ4n) is 3.22. The van der Waals surface area contributed by atoms with Gasteiger partial charge >= 0.3 is 5.97 Å². The molecule has 1 aliphatic heterocycles. The number of esters is 1. The van der Waals surface area contributed by atoms with Crippen molar-refractivity contribution in [3.05, 3.63) is 69.7 Å². The van der Waals surface area contributed by atoms with E-state index in [2.05, 4.69) is 15.6 Å². The van der Waals surface area contributed by atoms with Crippen LogP contribution in [0.5, 0.6) is 0 Å². The molecule has 2 aromatic rings. The summed E-state index contributed by atoms with van der Waals surface area (Å²) < 4.78 is 5.10. The largest absolute Gasteiger partial charge is 0.457 e. The molecule has 29 heavy (non-hydrogen) atoms. The van der Waals surface area contributed by atoms with E-state index in [1.54, 1.807) is 12.4 Å². The smallest absolute Gasteiger partial charge is 0.338 e. The van der Waals surface area contributed by atoms with Gasteiger partial charge < -0.3 is 20.8 Å². The zero-order chi connectivity index (χ0) is 20.8. The number of fused-ring (bicyclic) bond motifs is 1. The van der Waals surface area contributed by atoms with Gasteiger partial charge in [-0.15, -0.1) is 0 Å². The molecule has 0 amide bonds. The number of rotatable bonds is 8. The van der Waals surface area contributed by atoms with Gasteiger partial charge in [-0.3, -0.25) is 0 Å². The number of hydrogen-bond acceptors (Lipinski definition) is 7. The van der Waals surface area contributed by atoms with Crippen molar-refractivity contribution in [2.24, 2.45) is 0 Å². The van der Waals surface area contributed by atoms with Gasteiger partial charge in [-0.05, 0) is 61.2 Å². The number of nitriles is 1. The van der Waals surface area contributed by atoms with E-state index in [9.17, 15) is 4.79 Å².